The normalized spacial score (nSPS) is 16.0. The molecule has 2 aromatic carbocycles. The van der Waals surface area contributed by atoms with Crippen LogP contribution in [0.1, 0.15) is 25.3 Å². The Hall–Kier alpha value is -3.62. The Morgan fingerprint density at radius 3 is 2.64 bits per heavy atom. The molecule has 36 heavy (non-hydrogen) atoms. The zero-order chi connectivity index (χ0) is 26.1. The quantitative estimate of drug-likeness (QED) is 0.338. The van der Waals surface area contributed by atoms with Crippen LogP contribution >= 0.6 is 0 Å². The van der Waals surface area contributed by atoms with Crippen LogP contribution < -0.4 is 10.6 Å². The van der Waals surface area contributed by atoms with Crippen LogP contribution in [-0.2, 0) is 9.59 Å². The number of amides is 2. The number of likely N-dealkylation sites (N-methyl/N-ethyl adjacent to an activating group) is 1. The third-order valence-electron chi connectivity index (χ3n) is 6.01. The molecule has 2 N–H and O–H groups in total. The molecule has 0 radical (unpaired) electrons. The number of aliphatic imine (C=N–C) groups is 2. The molecule has 1 saturated heterocycles. The Morgan fingerprint density at radius 2 is 1.94 bits per heavy atom. The second kappa shape index (κ2) is 12.9. The molecular formula is C28H36N6O2. The summed E-state index contributed by atoms with van der Waals surface area (Å²) >= 11 is 0. The number of likely N-dealkylation sites (tertiary alicyclic amines) is 1. The largest absolute Gasteiger partial charge is 0.348 e. The Morgan fingerprint density at radius 1 is 1.19 bits per heavy atom. The molecular weight excluding hydrogens is 452 g/mol. The zero-order valence-corrected chi connectivity index (χ0v) is 21.6. The highest BCUT2D eigenvalue weighted by Gasteiger charge is 2.20. The average Bonchev–Trinajstić information content (AvgIpc) is 2.85. The Balaban J connectivity index is 1.83. The van der Waals surface area contributed by atoms with E-state index in [0.717, 1.165) is 42.3 Å². The number of amidine groups is 1. The Bertz CT molecular complexity index is 1190. The molecule has 1 fully saturated rings. The minimum atomic E-state index is -0.200. The summed E-state index contributed by atoms with van der Waals surface area (Å²) in [6, 6.07) is 11.7. The first-order valence-corrected chi connectivity index (χ1v) is 12.2. The predicted molar refractivity (Wildman–Crippen MR) is 149 cm³/mol. The molecule has 8 heteroatoms. The second-order valence-electron chi connectivity index (χ2n) is 9.28. The van der Waals surface area contributed by atoms with Crippen molar-refractivity contribution in [1.82, 2.24) is 15.1 Å². The number of carbonyl (C=O) groups excluding carboxylic acids is 2. The van der Waals surface area contributed by atoms with E-state index in [2.05, 4.69) is 39.1 Å². The van der Waals surface area contributed by atoms with Crippen LogP contribution in [0.15, 0.2) is 71.3 Å². The van der Waals surface area contributed by atoms with E-state index in [1.54, 1.807) is 6.92 Å². The third kappa shape index (κ3) is 7.69. The van der Waals surface area contributed by atoms with Gasteiger partial charge in [-0.2, -0.15) is 0 Å². The summed E-state index contributed by atoms with van der Waals surface area (Å²) in [6.07, 6.45) is 6.60. The van der Waals surface area contributed by atoms with Gasteiger partial charge < -0.3 is 20.4 Å². The fourth-order valence-corrected chi connectivity index (χ4v) is 3.97. The summed E-state index contributed by atoms with van der Waals surface area (Å²) in [5.41, 5.74) is 1.74. The highest BCUT2D eigenvalue weighted by Crippen LogP contribution is 2.25. The molecule has 3 rings (SSSR count). The molecule has 2 amide bonds. The number of piperidine rings is 1. The number of carbonyl (C=O) groups is 2. The van der Waals surface area contributed by atoms with Crippen molar-refractivity contribution < 1.29 is 9.59 Å². The molecule has 2 aromatic rings. The maximum Gasteiger partial charge on any atom is 0.265 e. The van der Waals surface area contributed by atoms with Gasteiger partial charge in [-0.3, -0.25) is 9.59 Å². The van der Waals surface area contributed by atoms with Crippen molar-refractivity contribution in [2.24, 2.45) is 9.98 Å². The Labute approximate surface area is 213 Å². The van der Waals surface area contributed by atoms with Gasteiger partial charge in [-0.15, -0.1) is 0 Å². The Kier molecular flexibility index (Phi) is 9.67. The monoisotopic (exact) mass is 488 g/mol. The summed E-state index contributed by atoms with van der Waals surface area (Å²) in [4.78, 5) is 38.3. The summed E-state index contributed by atoms with van der Waals surface area (Å²) in [6.45, 7) is 8.00. The van der Waals surface area contributed by atoms with E-state index in [4.69, 9.17) is 0 Å². The van der Waals surface area contributed by atoms with E-state index in [-0.39, 0.29) is 17.9 Å². The van der Waals surface area contributed by atoms with E-state index in [1.165, 1.54) is 12.3 Å². The van der Waals surface area contributed by atoms with Gasteiger partial charge in [0.1, 0.15) is 5.71 Å². The van der Waals surface area contributed by atoms with Crippen molar-refractivity contribution in [2.45, 2.75) is 25.8 Å². The molecule has 8 nitrogen and oxygen atoms in total. The van der Waals surface area contributed by atoms with Crippen LogP contribution in [0.2, 0.25) is 0 Å². The highest BCUT2D eigenvalue weighted by molar-refractivity contribution is 6.40. The van der Waals surface area contributed by atoms with E-state index in [0.29, 0.717) is 23.8 Å². The number of benzene rings is 2. The lowest BCUT2D eigenvalue weighted by Gasteiger charge is -2.29. The molecule has 1 aliphatic rings. The van der Waals surface area contributed by atoms with Gasteiger partial charge in [0.2, 0.25) is 5.91 Å². The average molecular weight is 489 g/mol. The molecule has 0 unspecified atom stereocenters. The fraction of sp³-hybridized carbons (Fsp3) is 0.357. The number of fused-ring (bicyclic) bond motifs is 1. The number of rotatable bonds is 8. The molecule has 0 aliphatic carbocycles. The number of hydrogen-bond donors (Lipinski definition) is 2. The topological polar surface area (TPSA) is 89.4 Å². The first-order chi connectivity index (χ1) is 17.3. The fourth-order valence-electron chi connectivity index (χ4n) is 3.97. The molecule has 0 aromatic heterocycles. The summed E-state index contributed by atoms with van der Waals surface area (Å²) < 4.78 is 0. The predicted octanol–water partition coefficient (Wildman–Crippen LogP) is 3.46. The van der Waals surface area contributed by atoms with Gasteiger partial charge in [0.15, 0.2) is 5.84 Å². The van der Waals surface area contributed by atoms with Crippen LogP contribution in [0, 0.1) is 0 Å². The maximum atomic E-state index is 12.8. The summed E-state index contributed by atoms with van der Waals surface area (Å²) in [5.74, 6) is -0.0105. The van der Waals surface area contributed by atoms with E-state index in [1.807, 2.05) is 61.5 Å². The van der Waals surface area contributed by atoms with Gasteiger partial charge in [0.25, 0.3) is 5.91 Å². The van der Waals surface area contributed by atoms with Crippen molar-refractivity contribution in [3.05, 3.63) is 66.9 Å². The lowest BCUT2D eigenvalue weighted by molar-refractivity contribution is -0.115. The highest BCUT2D eigenvalue weighted by atomic mass is 16.2. The second-order valence-corrected chi connectivity index (χ2v) is 9.28. The van der Waals surface area contributed by atoms with E-state index in [9.17, 15) is 9.59 Å². The lowest BCUT2D eigenvalue weighted by Crippen LogP contribution is -2.45. The van der Waals surface area contributed by atoms with Crippen LogP contribution in [0.25, 0.3) is 10.8 Å². The maximum absolute atomic E-state index is 12.8. The zero-order valence-electron chi connectivity index (χ0n) is 21.6. The van der Waals surface area contributed by atoms with Crippen molar-refractivity contribution in [3.63, 3.8) is 0 Å². The molecule has 1 aliphatic heterocycles. The van der Waals surface area contributed by atoms with Gasteiger partial charge in [0.05, 0.1) is 0 Å². The smallest absolute Gasteiger partial charge is 0.265 e. The van der Waals surface area contributed by atoms with Crippen LogP contribution in [0.3, 0.4) is 0 Å². The van der Waals surface area contributed by atoms with Gasteiger partial charge in [-0.1, -0.05) is 36.9 Å². The minimum absolute atomic E-state index is 0.150. The van der Waals surface area contributed by atoms with Gasteiger partial charge in [-0.05, 0) is 71.5 Å². The molecule has 1 heterocycles. The first kappa shape index (κ1) is 27.0. The lowest BCUT2D eigenvalue weighted by atomic mass is 10.0. The van der Waals surface area contributed by atoms with Crippen molar-refractivity contribution >= 4 is 39.8 Å². The number of anilines is 1. The third-order valence-corrected chi connectivity index (χ3v) is 6.01. The SMILES string of the molecule is C=CN=C(N=C(C)C(=O)NC1CCN(C)CC1)c1ccc2cccc(NC(=O)/C=C/CN(C)C)c2c1. The van der Waals surface area contributed by atoms with Gasteiger partial charge in [-0.25, -0.2) is 9.98 Å². The van der Waals surface area contributed by atoms with Crippen molar-refractivity contribution in [1.29, 1.82) is 0 Å². The van der Waals surface area contributed by atoms with E-state index < -0.39 is 0 Å². The summed E-state index contributed by atoms with van der Waals surface area (Å²) in [5, 5.41) is 7.86. The summed E-state index contributed by atoms with van der Waals surface area (Å²) in [7, 11) is 5.98. The molecule has 0 saturated carbocycles. The van der Waals surface area contributed by atoms with Crippen LogP contribution in [0.5, 0.6) is 0 Å². The van der Waals surface area contributed by atoms with Crippen molar-refractivity contribution in [2.75, 3.05) is 46.1 Å². The standard InChI is InChI=1S/C28H36N6O2/c1-6-29-27(30-20(2)28(36)31-23-14-17-34(5)18-15-23)22-13-12-21-9-7-10-25(24(21)19-22)32-26(35)11-8-16-33(3)4/h6-13,19,23H,1,14-18H2,2-5H3,(H,31,36)(H,32,35)/b11-8+,29-27?,30-20?. The number of nitrogens with zero attached hydrogens (tertiary/aromatic N) is 4. The van der Waals surface area contributed by atoms with Gasteiger partial charge in [0, 0.05) is 41.5 Å². The van der Waals surface area contributed by atoms with Crippen LogP contribution in [-0.4, -0.2) is 80.0 Å². The molecule has 0 bridgehead atoms. The van der Waals surface area contributed by atoms with Crippen molar-refractivity contribution in [3.8, 4) is 0 Å². The minimum Gasteiger partial charge on any atom is -0.348 e. The number of hydrogen-bond acceptors (Lipinski definition) is 5. The van der Waals surface area contributed by atoms with Crippen LogP contribution in [0.4, 0.5) is 5.69 Å². The molecule has 190 valence electrons. The molecule has 0 spiro atoms. The number of nitrogens with one attached hydrogen (secondary N) is 2. The molecule has 0 atom stereocenters. The van der Waals surface area contributed by atoms with Gasteiger partial charge >= 0.3 is 0 Å². The van der Waals surface area contributed by atoms with E-state index >= 15 is 0 Å². The first-order valence-electron chi connectivity index (χ1n) is 12.2.